The van der Waals surface area contributed by atoms with E-state index in [1.807, 2.05) is 6.07 Å². The van der Waals surface area contributed by atoms with Crippen LogP contribution in [0.3, 0.4) is 0 Å². The first-order valence-corrected chi connectivity index (χ1v) is 9.35. The van der Waals surface area contributed by atoms with Gasteiger partial charge in [-0.1, -0.05) is 12.1 Å². The summed E-state index contributed by atoms with van der Waals surface area (Å²) in [5.74, 6) is 0.707. The van der Waals surface area contributed by atoms with Crippen molar-refractivity contribution < 1.29 is 9.13 Å². The normalized spacial score (nSPS) is 17.9. The summed E-state index contributed by atoms with van der Waals surface area (Å²) in [7, 11) is 0. The van der Waals surface area contributed by atoms with E-state index in [9.17, 15) is 4.39 Å². The zero-order chi connectivity index (χ0) is 15.6. The van der Waals surface area contributed by atoms with E-state index >= 15 is 0 Å². The highest BCUT2D eigenvalue weighted by atomic mass is 32.2. The maximum absolute atomic E-state index is 13.1. The van der Waals surface area contributed by atoms with Gasteiger partial charge in [0.15, 0.2) is 0 Å². The molecule has 0 amide bonds. The van der Waals surface area contributed by atoms with E-state index in [0.29, 0.717) is 6.10 Å². The minimum atomic E-state index is -0.220. The molecule has 0 N–H and O–H groups in total. The first-order chi connectivity index (χ1) is 11.3. The Balaban J connectivity index is 1.62. The van der Waals surface area contributed by atoms with Crippen molar-refractivity contribution in [1.29, 1.82) is 0 Å². The van der Waals surface area contributed by atoms with Crippen LogP contribution in [0, 0.1) is 5.82 Å². The highest BCUT2D eigenvalue weighted by molar-refractivity contribution is 7.99. The van der Waals surface area contributed by atoms with E-state index < -0.39 is 0 Å². The minimum absolute atomic E-state index is 0.220. The third-order valence-corrected chi connectivity index (χ3v) is 6.27. The quantitative estimate of drug-likeness (QED) is 0.503. The maximum atomic E-state index is 13.1. The van der Waals surface area contributed by atoms with Crippen LogP contribution in [0.5, 0.6) is 0 Å². The fourth-order valence-corrected chi connectivity index (χ4v) is 4.91. The molecule has 118 valence electrons. The van der Waals surface area contributed by atoms with Gasteiger partial charge < -0.3 is 4.74 Å². The largest absolute Gasteiger partial charge is 0.377 e. The summed E-state index contributed by atoms with van der Waals surface area (Å²) < 4.78 is 19.9. The maximum Gasteiger partial charge on any atom is 0.123 e. The van der Waals surface area contributed by atoms with Crippen LogP contribution in [0.25, 0.3) is 20.7 Å². The molecule has 1 fully saturated rings. The first-order valence-electron chi connectivity index (χ1n) is 7.54. The number of rotatable bonds is 4. The molecule has 0 unspecified atom stereocenters. The molecule has 1 atom stereocenters. The van der Waals surface area contributed by atoms with Crippen LogP contribution < -0.4 is 0 Å². The molecule has 2 aromatic heterocycles. The fourth-order valence-electron chi connectivity index (χ4n) is 2.64. The molecule has 0 bridgehead atoms. The number of fused-ring (bicyclic) bond motifs is 1. The fraction of sp³-hybridized carbons (Fsp3) is 0.294. The molecule has 1 saturated heterocycles. The minimum Gasteiger partial charge on any atom is -0.377 e. The monoisotopic (exact) mass is 346 g/mol. The van der Waals surface area contributed by atoms with Gasteiger partial charge in [0.05, 0.1) is 16.3 Å². The molecule has 0 radical (unpaired) electrons. The number of hydrogen-bond acceptors (Lipinski definition) is 5. The molecule has 3 aromatic rings. The molecular formula is C17H15FN2OS2. The molecule has 3 nitrogen and oxygen atoms in total. The Morgan fingerprint density at radius 3 is 2.91 bits per heavy atom. The van der Waals surface area contributed by atoms with Crippen molar-refractivity contribution in [2.75, 3.05) is 12.4 Å². The van der Waals surface area contributed by atoms with Crippen LogP contribution in [-0.2, 0) is 4.74 Å². The third-order valence-electron chi connectivity index (χ3n) is 3.84. The summed E-state index contributed by atoms with van der Waals surface area (Å²) in [6.45, 7) is 0.873. The van der Waals surface area contributed by atoms with Gasteiger partial charge in [0.2, 0.25) is 0 Å². The summed E-state index contributed by atoms with van der Waals surface area (Å²) in [4.78, 5) is 9.88. The van der Waals surface area contributed by atoms with E-state index in [2.05, 4.69) is 9.97 Å². The molecule has 1 aromatic carbocycles. The lowest BCUT2D eigenvalue weighted by Crippen LogP contribution is -2.07. The first kappa shape index (κ1) is 15.1. The van der Waals surface area contributed by atoms with Gasteiger partial charge in [-0.25, -0.2) is 14.4 Å². The topological polar surface area (TPSA) is 35.0 Å². The van der Waals surface area contributed by atoms with Gasteiger partial charge in [-0.05, 0) is 36.6 Å². The van der Waals surface area contributed by atoms with Crippen LogP contribution in [0.2, 0.25) is 0 Å². The van der Waals surface area contributed by atoms with Crippen LogP contribution in [0.1, 0.15) is 12.8 Å². The lowest BCUT2D eigenvalue weighted by molar-refractivity contribution is 0.129. The zero-order valence-electron chi connectivity index (χ0n) is 12.4. The third kappa shape index (κ3) is 3.24. The Kier molecular flexibility index (Phi) is 4.29. The second-order valence-corrected chi connectivity index (χ2v) is 7.52. The van der Waals surface area contributed by atoms with Gasteiger partial charge in [0, 0.05) is 17.2 Å². The van der Waals surface area contributed by atoms with E-state index in [0.717, 1.165) is 50.9 Å². The lowest BCUT2D eigenvalue weighted by atomic mass is 10.2. The number of aromatic nitrogens is 2. The summed E-state index contributed by atoms with van der Waals surface area (Å²) in [6, 6.07) is 8.61. The molecule has 1 aliphatic rings. The summed E-state index contributed by atoms with van der Waals surface area (Å²) in [6.07, 6.45) is 4.23. The SMILES string of the molecule is Fc1ccc(-c2cc3ncnc(SC[C@H]4CCCO4)c3s2)cc1. The van der Waals surface area contributed by atoms with E-state index in [1.54, 1.807) is 41.6 Å². The van der Waals surface area contributed by atoms with Crippen molar-refractivity contribution in [2.45, 2.75) is 24.0 Å². The van der Waals surface area contributed by atoms with Crippen molar-refractivity contribution >= 4 is 33.3 Å². The molecule has 0 spiro atoms. The molecule has 1 aliphatic heterocycles. The zero-order valence-corrected chi connectivity index (χ0v) is 14.0. The Morgan fingerprint density at radius 1 is 1.26 bits per heavy atom. The number of nitrogens with zero attached hydrogens (tertiary/aromatic N) is 2. The molecule has 6 heteroatoms. The van der Waals surface area contributed by atoms with Gasteiger partial charge >= 0.3 is 0 Å². The van der Waals surface area contributed by atoms with Crippen molar-refractivity contribution in [2.24, 2.45) is 0 Å². The molecule has 0 saturated carbocycles. The smallest absolute Gasteiger partial charge is 0.123 e. The molecule has 23 heavy (non-hydrogen) atoms. The van der Waals surface area contributed by atoms with Crippen molar-refractivity contribution in [3.05, 3.63) is 42.5 Å². The lowest BCUT2D eigenvalue weighted by Gasteiger charge is -2.08. The van der Waals surface area contributed by atoms with Gasteiger partial charge in [-0.15, -0.1) is 23.1 Å². The van der Waals surface area contributed by atoms with Crippen molar-refractivity contribution in [3.8, 4) is 10.4 Å². The van der Waals surface area contributed by atoms with Crippen molar-refractivity contribution in [1.82, 2.24) is 9.97 Å². The number of benzene rings is 1. The van der Waals surface area contributed by atoms with E-state index in [1.165, 1.54) is 12.1 Å². The highest BCUT2D eigenvalue weighted by Crippen LogP contribution is 2.37. The van der Waals surface area contributed by atoms with Crippen LogP contribution in [0.4, 0.5) is 4.39 Å². The summed E-state index contributed by atoms with van der Waals surface area (Å²) in [5, 5.41) is 1.00. The molecule has 0 aliphatic carbocycles. The second-order valence-electron chi connectivity index (χ2n) is 5.46. The number of thioether (sulfide) groups is 1. The van der Waals surface area contributed by atoms with Crippen LogP contribution in [0.15, 0.2) is 41.7 Å². The van der Waals surface area contributed by atoms with Gasteiger partial charge in [0.1, 0.15) is 17.2 Å². The Bertz CT molecular complexity index is 813. The second kappa shape index (κ2) is 6.55. The van der Waals surface area contributed by atoms with Gasteiger partial charge in [0.25, 0.3) is 0 Å². The van der Waals surface area contributed by atoms with E-state index in [4.69, 9.17) is 4.74 Å². The van der Waals surface area contributed by atoms with E-state index in [-0.39, 0.29) is 5.82 Å². The van der Waals surface area contributed by atoms with Gasteiger partial charge in [-0.2, -0.15) is 0 Å². The van der Waals surface area contributed by atoms with Crippen LogP contribution >= 0.6 is 23.1 Å². The number of thiophene rings is 1. The Labute approximate surface area is 141 Å². The highest BCUT2D eigenvalue weighted by Gasteiger charge is 2.17. The van der Waals surface area contributed by atoms with Crippen molar-refractivity contribution in [3.63, 3.8) is 0 Å². The summed E-state index contributed by atoms with van der Waals surface area (Å²) in [5.41, 5.74) is 1.95. The number of ether oxygens (including phenoxy) is 1. The molecular weight excluding hydrogens is 331 g/mol. The average molecular weight is 346 g/mol. The summed E-state index contributed by atoms with van der Waals surface area (Å²) >= 11 is 3.39. The van der Waals surface area contributed by atoms with Gasteiger partial charge in [-0.3, -0.25) is 0 Å². The standard InChI is InChI=1S/C17H15FN2OS2/c18-12-5-3-11(4-6-12)15-8-14-16(23-15)17(20-10-19-14)22-9-13-2-1-7-21-13/h3-6,8,10,13H,1-2,7,9H2/t13-/m1/s1. The predicted molar refractivity (Wildman–Crippen MR) is 92.5 cm³/mol. The Morgan fingerprint density at radius 2 is 2.13 bits per heavy atom. The molecule has 4 rings (SSSR count). The molecule has 3 heterocycles. The Hall–Kier alpha value is -1.50. The van der Waals surface area contributed by atoms with Crippen LogP contribution in [-0.4, -0.2) is 28.4 Å². The predicted octanol–water partition coefficient (Wildman–Crippen LogP) is 4.77. The number of hydrogen-bond donors (Lipinski definition) is 0. The average Bonchev–Trinajstić information content (AvgIpc) is 3.23. The number of halogens is 1.